The fourth-order valence-corrected chi connectivity index (χ4v) is 3.31. The molecule has 1 aliphatic carbocycles. The van der Waals surface area contributed by atoms with Crippen molar-refractivity contribution < 1.29 is 4.74 Å². The minimum atomic E-state index is 0.410. The molecule has 17 heavy (non-hydrogen) atoms. The average molecular weight is 232 g/mol. The first kappa shape index (κ1) is 11.0. The van der Waals surface area contributed by atoms with Crippen LogP contribution in [0.15, 0.2) is 24.5 Å². The van der Waals surface area contributed by atoms with Gasteiger partial charge in [-0.05, 0) is 43.4 Å². The molecule has 1 aromatic rings. The Labute approximate surface area is 103 Å². The number of aromatic nitrogens is 1. The van der Waals surface area contributed by atoms with E-state index in [1.165, 1.54) is 32.5 Å². The lowest BCUT2D eigenvalue weighted by molar-refractivity contribution is 0.186. The van der Waals surface area contributed by atoms with Crippen LogP contribution in [0, 0.1) is 11.8 Å². The van der Waals surface area contributed by atoms with Crippen molar-refractivity contribution in [3.63, 3.8) is 0 Å². The van der Waals surface area contributed by atoms with E-state index in [9.17, 15) is 0 Å². The van der Waals surface area contributed by atoms with E-state index < -0.39 is 0 Å². The van der Waals surface area contributed by atoms with Crippen LogP contribution < -0.4 is 4.74 Å². The SMILES string of the molecule is CCN1C[C@H]2CC(Oc3cccnc3)C[C@H]2C1. The molecule has 1 saturated carbocycles. The molecule has 2 fully saturated rings. The number of likely N-dealkylation sites (tertiary alicyclic amines) is 1. The fraction of sp³-hybridized carbons (Fsp3) is 0.643. The molecule has 3 rings (SSSR count). The van der Waals surface area contributed by atoms with Crippen molar-refractivity contribution >= 4 is 0 Å². The summed E-state index contributed by atoms with van der Waals surface area (Å²) in [6.07, 6.45) is 6.45. The molecule has 92 valence electrons. The molecule has 2 heterocycles. The van der Waals surface area contributed by atoms with Crippen LogP contribution in [0.4, 0.5) is 0 Å². The number of ether oxygens (including phenoxy) is 1. The minimum Gasteiger partial charge on any atom is -0.489 e. The summed E-state index contributed by atoms with van der Waals surface area (Å²) < 4.78 is 6.00. The Morgan fingerprint density at radius 1 is 1.35 bits per heavy atom. The monoisotopic (exact) mass is 232 g/mol. The summed E-state index contributed by atoms with van der Waals surface area (Å²) in [5, 5.41) is 0. The maximum atomic E-state index is 6.00. The van der Waals surface area contributed by atoms with Crippen LogP contribution in [0.1, 0.15) is 19.8 Å². The Morgan fingerprint density at radius 3 is 2.71 bits per heavy atom. The molecule has 0 aromatic carbocycles. The standard InChI is InChI=1S/C14H20N2O/c1-2-16-9-11-6-14(7-12(11)10-16)17-13-4-3-5-15-8-13/h3-5,8,11-12,14H,2,6-7,9-10H2,1H3/t11-,12+,14?. The summed E-state index contributed by atoms with van der Waals surface area (Å²) in [6, 6.07) is 3.93. The van der Waals surface area contributed by atoms with E-state index in [1.807, 2.05) is 18.3 Å². The quantitative estimate of drug-likeness (QED) is 0.799. The van der Waals surface area contributed by atoms with Gasteiger partial charge in [0.2, 0.25) is 0 Å². The topological polar surface area (TPSA) is 25.4 Å². The smallest absolute Gasteiger partial charge is 0.137 e. The average Bonchev–Trinajstić information content (AvgIpc) is 2.87. The number of hydrogen-bond donors (Lipinski definition) is 0. The van der Waals surface area contributed by atoms with Crippen LogP contribution in [0.2, 0.25) is 0 Å². The molecule has 0 N–H and O–H groups in total. The van der Waals surface area contributed by atoms with Gasteiger partial charge in [-0.15, -0.1) is 0 Å². The van der Waals surface area contributed by atoms with Crippen LogP contribution >= 0.6 is 0 Å². The molecule has 3 nitrogen and oxygen atoms in total. The lowest BCUT2D eigenvalue weighted by atomic mass is 10.0. The summed E-state index contributed by atoms with van der Waals surface area (Å²) in [7, 11) is 0. The zero-order chi connectivity index (χ0) is 11.7. The van der Waals surface area contributed by atoms with Crippen molar-refractivity contribution in [3.8, 4) is 5.75 Å². The Bertz CT molecular complexity index is 354. The number of rotatable bonds is 3. The Hall–Kier alpha value is -1.09. The molecule has 0 amide bonds. The third kappa shape index (κ3) is 2.29. The molecule has 1 saturated heterocycles. The van der Waals surface area contributed by atoms with Crippen molar-refractivity contribution in [3.05, 3.63) is 24.5 Å². The summed E-state index contributed by atoms with van der Waals surface area (Å²) in [4.78, 5) is 6.66. The zero-order valence-electron chi connectivity index (χ0n) is 10.4. The fourth-order valence-electron chi connectivity index (χ4n) is 3.31. The van der Waals surface area contributed by atoms with E-state index in [0.717, 1.165) is 17.6 Å². The van der Waals surface area contributed by atoms with E-state index in [2.05, 4.69) is 16.8 Å². The van der Waals surface area contributed by atoms with Gasteiger partial charge < -0.3 is 9.64 Å². The van der Waals surface area contributed by atoms with Crippen LogP contribution in [0.25, 0.3) is 0 Å². The van der Waals surface area contributed by atoms with Gasteiger partial charge in [-0.25, -0.2) is 0 Å². The van der Waals surface area contributed by atoms with Gasteiger partial charge >= 0.3 is 0 Å². The molecule has 1 aliphatic heterocycles. The molecule has 3 heteroatoms. The normalized spacial score (nSPS) is 32.6. The first-order valence-electron chi connectivity index (χ1n) is 6.64. The lowest BCUT2D eigenvalue weighted by Crippen LogP contribution is -2.24. The molecule has 2 aliphatic rings. The summed E-state index contributed by atoms with van der Waals surface area (Å²) in [5.41, 5.74) is 0. The van der Waals surface area contributed by atoms with Crippen LogP contribution in [-0.2, 0) is 0 Å². The maximum absolute atomic E-state index is 6.00. The summed E-state index contributed by atoms with van der Waals surface area (Å²) >= 11 is 0. The van der Waals surface area contributed by atoms with Gasteiger partial charge in [-0.3, -0.25) is 4.98 Å². The first-order chi connectivity index (χ1) is 8.35. The van der Waals surface area contributed by atoms with Gasteiger partial charge in [0.1, 0.15) is 5.75 Å². The van der Waals surface area contributed by atoms with E-state index in [0.29, 0.717) is 6.10 Å². The number of nitrogens with zero attached hydrogens (tertiary/aromatic N) is 2. The van der Waals surface area contributed by atoms with Crippen LogP contribution in [0.3, 0.4) is 0 Å². The number of hydrogen-bond acceptors (Lipinski definition) is 3. The summed E-state index contributed by atoms with van der Waals surface area (Å²) in [6.45, 7) is 5.99. The van der Waals surface area contributed by atoms with Gasteiger partial charge in [0.25, 0.3) is 0 Å². The highest BCUT2D eigenvalue weighted by atomic mass is 16.5. The van der Waals surface area contributed by atoms with Crippen LogP contribution in [-0.4, -0.2) is 35.6 Å². The Kier molecular flexibility index (Phi) is 3.02. The van der Waals surface area contributed by atoms with E-state index in [1.54, 1.807) is 6.20 Å². The molecule has 1 unspecified atom stereocenters. The van der Waals surface area contributed by atoms with Gasteiger partial charge in [0.15, 0.2) is 0 Å². The van der Waals surface area contributed by atoms with Crippen molar-refractivity contribution in [1.82, 2.24) is 9.88 Å². The molecular weight excluding hydrogens is 212 g/mol. The Balaban J connectivity index is 1.56. The van der Waals surface area contributed by atoms with Gasteiger partial charge in [-0.1, -0.05) is 6.92 Å². The van der Waals surface area contributed by atoms with Gasteiger partial charge in [-0.2, -0.15) is 0 Å². The molecule has 3 atom stereocenters. The second-order valence-corrected chi connectivity index (χ2v) is 5.27. The Morgan fingerprint density at radius 2 is 2.12 bits per heavy atom. The zero-order valence-corrected chi connectivity index (χ0v) is 10.4. The molecule has 1 aromatic heterocycles. The van der Waals surface area contributed by atoms with Crippen molar-refractivity contribution in [1.29, 1.82) is 0 Å². The largest absolute Gasteiger partial charge is 0.489 e. The minimum absolute atomic E-state index is 0.410. The van der Waals surface area contributed by atoms with E-state index in [-0.39, 0.29) is 0 Å². The van der Waals surface area contributed by atoms with E-state index >= 15 is 0 Å². The second-order valence-electron chi connectivity index (χ2n) is 5.27. The third-order valence-electron chi connectivity index (χ3n) is 4.17. The predicted molar refractivity (Wildman–Crippen MR) is 67.0 cm³/mol. The van der Waals surface area contributed by atoms with Crippen molar-refractivity contribution in [2.75, 3.05) is 19.6 Å². The molecule has 0 radical (unpaired) electrons. The molecule has 0 spiro atoms. The van der Waals surface area contributed by atoms with E-state index in [4.69, 9.17) is 4.74 Å². The lowest BCUT2D eigenvalue weighted by Gasteiger charge is -2.18. The first-order valence-corrected chi connectivity index (χ1v) is 6.64. The highest BCUT2D eigenvalue weighted by Gasteiger charge is 2.41. The third-order valence-corrected chi connectivity index (χ3v) is 4.17. The summed E-state index contributed by atoms with van der Waals surface area (Å²) in [5.74, 6) is 2.64. The van der Waals surface area contributed by atoms with Crippen LogP contribution in [0.5, 0.6) is 5.75 Å². The van der Waals surface area contributed by atoms with Gasteiger partial charge in [0, 0.05) is 19.3 Å². The van der Waals surface area contributed by atoms with Gasteiger partial charge in [0.05, 0.1) is 12.3 Å². The predicted octanol–water partition coefficient (Wildman–Crippen LogP) is 2.19. The highest BCUT2D eigenvalue weighted by molar-refractivity contribution is 5.16. The number of pyridine rings is 1. The van der Waals surface area contributed by atoms with Crippen molar-refractivity contribution in [2.24, 2.45) is 11.8 Å². The highest BCUT2D eigenvalue weighted by Crippen LogP contribution is 2.39. The number of fused-ring (bicyclic) bond motifs is 1. The maximum Gasteiger partial charge on any atom is 0.137 e. The second kappa shape index (κ2) is 4.65. The molecule has 0 bridgehead atoms. The van der Waals surface area contributed by atoms with Crippen molar-refractivity contribution in [2.45, 2.75) is 25.9 Å². The molecular formula is C14H20N2O.